The molecule has 0 aromatic carbocycles. The number of unbranched alkanes of at least 4 members (excludes halogenated alkanes) is 45. The second kappa shape index (κ2) is 67.9. The van der Waals surface area contributed by atoms with Crippen LogP contribution in [-0.2, 0) is 65.4 Å². The summed E-state index contributed by atoms with van der Waals surface area (Å²) >= 11 is 0. The van der Waals surface area contributed by atoms with Crippen molar-refractivity contribution >= 4 is 39.5 Å². The Kier molecular flexibility index (Phi) is 66.5. The number of hydrogen-bond donors (Lipinski definition) is 3. The van der Waals surface area contributed by atoms with Gasteiger partial charge < -0.3 is 33.8 Å². The van der Waals surface area contributed by atoms with Crippen LogP contribution in [0.1, 0.15) is 395 Å². The molecule has 0 aromatic rings. The monoisotopic (exact) mass is 1400 g/mol. The Hall–Kier alpha value is -1.94. The molecule has 0 fully saturated rings. The first-order valence-corrected chi connectivity index (χ1v) is 42.5. The lowest BCUT2D eigenvalue weighted by Gasteiger charge is -2.21. The maximum absolute atomic E-state index is 13.1. The Labute approximate surface area is 581 Å². The van der Waals surface area contributed by atoms with Gasteiger partial charge in [0.05, 0.1) is 26.4 Å². The smallest absolute Gasteiger partial charge is 0.462 e. The van der Waals surface area contributed by atoms with Gasteiger partial charge in [-0.25, -0.2) is 9.13 Å². The molecule has 0 amide bonds. The fourth-order valence-corrected chi connectivity index (χ4v) is 13.2. The van der Waals surface area contributed by atoms with Crippen LogP contribution in [0.2, 0.25) is 0 Å². The molecule has 17 nitrogen and oxygen atoms in total. The van der Waals surface area contributed by atoms with Gasteiger partial charge in [0.25, 0.3) is 0 Å². The molecule has 95 heavy (non-hydrogen) atoms. The Bertz CT molecular complexity index is 1840. The van der Waals surface area contributed by atoms with Crippen LogP contribution >= 0.6 is 15.6 Å². The van der Waals surface area contributed by atoms with E-state index in [-0.39, 0.29) is 25.7 Å². The van der Waals surface area contributed by atoms with E-state index in [0.717, 1.165) is 115 Å². The second-order valence-electron chi connectivity index (χ2n) is 28.3. The lowest BCUT2D eigenvalue weighted by molar-refractivity contribution is -0.161. The van der Waals surface area contributed by atoms with Crippen LogP contribution in [-0.4, -0.2) is 96.7 Å². The van der Waals surface area contributed by atoms with E-state index in [2.05, 4.69) is 41.5 Å². The van der Waals surface area contributed by atoms with Gasteiger partial charge in [-0.1, -0.05) is 343 Å². The molecule has 0 aliphatic heterocycles. The number of rotatable bonds is 75. The molecule has 0 rings (SSSR count). The van der Waals surface area contributed by atoms with Crippen molar-refractivity contribution in [3.05, 3.63) is 0 Å². The molecular weight excluding hydrogens is 1250 g/mol. The minimum Gasteiger partial charge on any atom is -0.462 e. The third kappa shape index (κ3) is 70.3. The Morgan fingerprint density at radius 1 is 0.284 bits per heavy atom. The number of aliphatic hydroxyl groups is 1. The van der Waals surface area contributed by atoms with Crippen molar-refractivity contribution in [1.82, 2.24) is 0 Å². The van der Waals surface area contributed by atoms with Crippen LogP contribution in [0.3, 0.4) is 0 Å². The molecule has 0 heterocycles. The number of esters is 4. The van der Waals surface area contributed by atoms with E-state index in [4.69, 9.17) is 37.0 Å². The summed E-state index contributed by atoms with van der Waals surface area (Å²) in [6.45, 7) is 9.57. The van der Waals surface area contributed by atoms with Crippen LogP contribution in [0.25, 0.3) is 0 Å². The summed E-state index contributed by atoms with van der Waals surface area (Å²) < 4.78 is 68.4. The molecule has 564 valence electrons. The highest BCUT2D eigenvalue weighted by molar-refractivity contribution is 7.47. The second-order valence-corrected chi connectivity index (χ2v) is 31.3. The highest BCUT2D eigenvalue weighted by Gasteiger charge is 2.30. The SMILES string of the molecule is CCCCCCCCCCCCCCCCCCCC(=O)OC[C@H](COP(=O)(O)OC[C@@H](O)COP(=O)(O)OC[C@@H](COC(=O)CCCCCCCCC)OC(=O)CCCCCCCCCCCCC(C)C)OC(=O)CCCCCCCCCCCCCCCCCC(C)C. The number of aliphatic hydroxyl groups excluding tert-OH is 1. The fourth-order valence-electron chi connectivity index (χ4n) is 11.7. The summed E-state index contributed by atoms with van der Waals surface area (Å²) in [5.41, 5.74) is 0. The van der Waals surface area contributed by atoms with Gasteiger partial charge in [-0.15, -0.1) is 0 Å². The third-order valence-corrected chi connectivity index (χ3v) is 19.6. The molecular formula is C76H148O17P2. The average Bonchev–Trinajstić information content (AvgIpc) is 1.44. The first-order valence-electron chi connectivity index (χ1n) is 39.5. The molecule has 0 spiro atoms. The van der Waals surface area contributed by atoms with Gasteiger partial charge in [-0.3, -0.25) is 37.3 Å². The van der Waals surface area contributed by atoms with Gasteiger partial charge in [0, 0.05) is 25.7 Å². The number of phosphoric acid groups is 2. The largest absolute Gasteiger partial charge is 0.472 e. The van der Waals surface area contributed by atoms with Crippen LogP contribution in [0, 0.1) is 11.8 Å². The molecule has 5 atom stereocenters. The first kappa shape index (κ1) is 93.1. The summed E-state index contributed by atoms with van der Waals surface area (Å²) in [4.78, 5) is 72.7. The number of carbonyl (C=O) groups excluding carboxylic acids is 4. The number of phosphoric ester groups is 2. The van der Waals surface area contributed by atoms with Gasteiger partial charge >= 0.3 is 39.5 Å². The first-order chi connectivity index (χ1) is 45.9. The van der Waals surface area contributed by atoms with Gasteiger partial charge in [-0.2, -0.15) is 0 Å². The van der Waals surface area contributed by atoms with Gasteiger partial charge in [0.2, 0.25) is 0 Å². The normalized spacial score (nSPS) is 14.0. The predicted molar refractivity (Wildman–Crippen MR) is 386 cm³/mol. The Morgan fingerprint density at radius 2 is 0.484 bits per heavy atom. The molecule has 0 bridgehead atoms. The summed E-state index contributed by atoms with van der Waals surface area (Å²) in [6.07, 6.45) is 55.6. The van der Waals surface area contributed by atoms with Gasteiger partial charge in [-0.05, 0) is 37.5 Å². The van der Waals surface area contributed by atoms with E-state index in [1.54, 1.807) is 0 Å². The molecule has 0 radical (unpaired) electrons. The van der Waals surface area contributed by atoms with Crippen LogP contribution in [0.15, 0.2) is 0 Å². The molecule has 0 aromatic heterocycles. The lowest BCUT2D eigenvalue weighted by Crippen LogP contribution is -2.30. The average molecular weight is 1400 g/mol. The van der Waals surface area contributed by atoms with Gasteiger partial charge in [0.15, 0.2) is 12.2 Å². The maximum Gasteiger partial charge on any atom is 0.472 e. The van der Waals surface area contributed by atoms with Crippen molar-refractivity contribution in [2.24, 2.45) is 11.8 Å². The summed E-state index contributed by atoms with van der Waals surface area (Å²) in [5, 5.41) is 10.6. The van der Waals surface area contributed by atoms with E-state index in [0.29, 0.717) is 25.7 Å². The standard InChI is InChI=1S/C76H148O17P2/c1-7-9-11-13-15-16-17-18-19-20-23-26-29-35-41-47-53-59-74(79)87-65-72(93-75(80)60-54-48-42-36-30-27-24-21-22-25-28-33-39-44-50-56-68(3)4)67-91-95(84,85)89-63-70(77)62-88-94(82,83)90-66-71(64-86-73(78)58-52-46-38-14-12-10-8-2)92-76(81)61-55-49-43-37-32-31-34-40-45-51-57-69(5)6/h68-72,77H,7-67H2,1-6H3,(H,82,83)(H,84,85)/t70-,71+,72+/m0/s1. The molecule has 3 N–H and O–H groups in total. The van der Waals surface area contributed by atoms with Crippen molar-refractivity contribution < 1.29 is 80.2 Å². The van der Waals surface area contributed by atoms with Crippen molar-refractivity contribution in [2.75, 3.05) is 39.6 Å². The van der Waals surface area contributed by atoms with E-state index in [1.165, 1.54) is 199 Å². The highest BCUT2D eigenvalue weighted by Crippen LogP contribution is 2.45. The van der Waals surface area contributed by atoms with Crippen molar-refractivity contribution in [3.8, 4) is 0 Å². The molecule has 0 aliphatic rings. The molecule has 0 saturated heterocycles. The predicted octanol–water partition coefficient (Wildman–Crippen LogP) is 22.3. The minimum atomic E-state index is -4.96. The van der Waals surface area contributed by atoms with E-state index >= 15 is 0 Å². The van der Waals surface area contributed by atoms with Crippen LogP contribution in [0.4, 0.5) is 0 Å². The van der Waals surface area contributed by atoms with Crippen LogP contribution in [0.5, 0.6) is 0 Å². The van der Waals surface area contributed by atoms with Crippen LogP contribution < -0.4 is 0 Å². The molecule has 19 heteroatoms. The zero-order chi connectivity index (χ0) is 70.0. The van der Waals surface area contributed by atoms with E-state index < -0.39 is 97.5 Å². The number of carbonyl (C=O) groups is 4. The molecule has 2 unspecified atom stereocenters. The van der Waals surface area contributed by atoms with Crippen molar-refractivity contribution in [2.45, 2.75) is 413 Å². The minimum absolute atomic E-state index is 0.106. The topological polar surface area (TPSA) is 237 Å². The van der Waals surface area contributed by atoms with Crippen molar-refractivity contribution in [3.63, 3.8) is 0 Å². The van der Waals surface area contributed by atoms with E-state index in [9.17, 15) is 43.2 Å². The number of ether oxygens (including phenoxy) is 4. The summed E-state index contributed by atoms with van der Waals surface area (Å²) in [7, 11) is -9.91. The Morgan fingerprint density at radius 3 is 0.716 bits per heavy atom. The summed E-state index contributed by atoms with van der Waals surface area (Å²) in [6, 6.07) is 0. The zero-order valence-electron chi connectivity index (χ0n) is 62.0. The van der Waals surface area contributed by atoms with E-state index in [1.807, 2.05) is 0 Å². The van der Waals surface area contributed by atoms with Crippen molar-refractivity contribution in [1.29, 1.82) is 0 Å². The molecule has 0 aliphatic carbocycles. The fraction of sp³-hybridized carbons (Fsp3) is 0.947. The highest BCUT2D eigenvalue weighted by atomic mass is 31.2. The zero-order valence-corrected chi connectivity index (χ0v) is 63.8. The lowest BCUT2D eigenvalue weighted by atomic mass is 10.0. The maximum atomic E-state index is 13.1. The summed E-state index contributed by atoms with van der Waals surface area (Å²) in [5.74, 6) is -0.565. The number of hydrogen-bond acceptors (Lipinski definition) is 15. The quantitative estimate of drug-likeness (QED) is 0.0222. The Balaban J connectivity index is 5.19. The molecule has 0 saturated carbocycles. The third-order valence-electron chi connectivity index (χ3n) is 17.7. The van der Waals surface area contributed by atoms with Gasteiger partial charge in [0.1, 0.15) is 19.3 Å².